The van der Waals surface area contributed by atoms with E-state index in [2.05, 4.69) is 18.2 Å². The highest BCUT2D eigenvalue weighted by atomic mass is 16.5. The first-order chi connectivity index (χ1) is 13.6. The molecule has 140 valence electrons. The topological polar surface area (TPSA) is 53.3 Å². The highest BCUT2D eigenvalue weighted by Gasteiger charge is 2.19. The highest BCUT2D eigenvalue weighted by Crippen LogP contribution is 2.23. The Morgan fingerprint density at radius 3 is 2.36 bits per heavy atom. The number of hydrogen-bond acceptors (Lipinski definition) is 3. The lowest BCUT2D eigenvalue weighted by atomic mass is 10.1. The van der Waals surface area contributed by atoms with E-state index in [1.165, 1.54) is 0 Å². The van der Waals surface area contributed by atoms with E-state index in [0.717, 1.165) is 16.7 Å². The molecule has 0 saturated carbocycles. The molecule has 0 radical (unpaired) electrons. The van der Waals surface area contributed by atoms with Crippen molar-refractivity contribution in [3.05, 3.63) is 90.0 Å². The number of carbonyl (C=O) groups excluding carboxylic acids is 1. The number of rotatable bonds is 6. The Hall–Kier alpha value is -3.58. The molecule has 3 aromatic rings. The van der Waals surface area contributed by atoms with Gasteiger partial charge in [0.05, 0.1) is 11.6 Å². The van der Waals surface area contributed by atoms with Crippen LogP contribution in [0.15, 0.2) is 78.9 Å². The molecule has 1 amide bonds. The second kappa shape index (κ2) is 8.88. The maximum Gasteiger partial charge on any atom is 0.263 e. The SMILES string of the molecule is CC(Oc1ccc(-c2ccccc2)cc1)C(=O)N(C)Cc1cccc(C#N)c1. The zero-order valence-electron chi connectivity index (χ0n) is 16.0. The van der Waals surface area contributed by atoms with Gasteiger partial charge in [-0.2, -0.15) is 5.26 Å². The normalized spacial score (nSPS) is 11.3. The first-order valence-electron chi connectivity index (χ1n) is 9.13. The van der Waals surface area contributed by atoms with Gasteiger partial charge in [-0.15, -0.1) is 0 Å². The Morgan fingerprint density at radius 1 is 1.00 bits per heavy atom. The molecule has 0 aliphatic carbocycles. The van der Waals surface area contributed by atoms with E-state index in [1.54, 1.807) is 31.0 Å². The lowest BCUT2D eigenvalue weighted by Gasteiger charge is -2.22. The van der Waals surface area contributed by atoms with Crippen LogP contribution in [-0.2, 0) is 11.3 Å². The van der Waals surface area contributed by atoms with Crippen molar-refractivity contribution in [2.45, 2.75) is 19.6 Å². The van der Waals surface area contributed by atoms with Gasteiger partial charge in [0, 0.05) is 13.6 Å². The summed E-state index contributed by atoms with van der Waals surface area (Å²) in [6.07, 6.45) is -0.605. The van der Waals surface area contributed by atoms with Crippen molar-refractivity contribution in [3.63, 3.8) is 0 Å². The second-order valence-corrected chi connectivity index (χ2v) is 6.66. The van der Waals surface area contributed by atoms with Crippen LogP contribution >= 0.6 is 0 Å². The van der Waals surface area contributed by atoms with Crippen LogP contribution in [0.5, 0.6) is 5.75 Å². The molecule has 1 atom stereocenters. The Bertz CT molecular complexity index is 975. The summed E-state index contributed by atoms with van der Waals surface area (Å²) in [5.74, 6) is 0.537. The monoisotopic (exact) mass is 370 g/mol. The van der Waals surface area contributed by atoms with Gasteiger partial charge >= 0.3 is 0 Å². The van der Waals surface area contributed by atoms with Gasteiger partial charge in [0.15, 0.2) is 6.10 Å². The van der Waals surface area contributed by atoms with Crippen LogP contribution in [0.25, 0.3) is 11.1 Å². The molecule has 0 N–H and O–H groups in total. The van der Waals surface area contributed by atoms with Crippen LogP contribution in [0, 0.1) is 11.3 Å². The molecule has 0 fully saturated rings. The fraction of sp³-hybridized carbons (Fsp3) is 0.167. The summed E-state index contributed by atoms with van der Waals surface area (Å²) in [7, 11) is 1.74. The average molecular weight is 370 g/mol. The molecular formula is C24H22N2O2. The molecule has 3 rings (SSSR count). The summed E-state index contributed by atoms with van der Waals surface area (Å²) in [6.45, 7) is 2.17. The van der Waals surface area contributed by atoms with Gasteiger partial charge in [0.1, 0.15) is 5.75 Å². The predicted octanol–water partition coefficient (Wildman–Crippen LogP) is 4.65. The molecule has 4 nitrogen and oxygen atoms in total. The molecule has 0 bridgehead atoms. The van der Waals surface area contributed by atoms with Gasteiger partial charge in [0.25, 0.3) is 5.91 Å². The van der Waals surface area contributed by atoms with Gasteiger partial charge in [-0.25, -0.2) is 0 Å². The number of nitriles is 1. The molecule has 0 spiro atoms. The summed E-state index contributed by atoms with van der Waals surface area (Å²) in [6, 6.07) is 27.2. The number of nitrogens with zero attached hydrogens (tertiary/aromatic N) is 2. The Balaban J connectivity index is 1.61. The Kier molecular flexibility index (Phi) is 6.08. The summed E-state index contributed by atoms with van der Waals surface area (Å²) in [5.41, 5.74) is 3.73. The lowest BCUT2D eigenvalue weighted by molar-refractivity contribution is -0.137. The van der Waals surface area contributed by atoms with Gasteiger partial charge < -0.3 is 9.64 Å². The van der Waals surface area contributed by atoms with E-state index in [1.807, 2.05) is 54.6 Å². The van der Waals surface area contributed by atoms with Crippen LogP contribution < -0.4 is 4.74 Å². The molecule has 0 aromatic heterocycles. The third-order valence-corrected chi connectivity index (χ3v) is 4.47. The third-order valence-electron chi connectivity index (χ3n) is 4.47. The molecule has 0 heterocycles. The summed E-state index contributed by atoms with van der Waals surface area (Å²) >= 11 is 0. The fourth-order valence-electron chi connectivity index (χ4n) is 3.01. The fourth-order valence-corrected chi connectivity index (χ4v) is 3.01. The van der Waals surface area contributed by atoms with E-state index in [9.17, 15) is 4.79 Å². The van der Waals surface area contributed by atoms with Crippen LogP contribution in [0.2, 0.25) is 0 Å². The highest BCUT2D eigenvalue weighted by molar-refractivity contribution is 5.80. The van der Waals surface area contributed by atoms with Crippen molar-refractivity contribution >= 4 is 5.91 Å². The maximum atomic E-state index is 12.6. The van der Waals surface area contributed by atoms with Crippen LogP contribution in [-0.4, -0.2) is 24.0 Å². The van der Waals surface area contributed by atoms with Gasteiger partial charge in [0.2, 0.25) is 0 Å². The van der Waals surface area contributed by atoms with Crippen molar-refractivity contribution in [2.75, 3.05) is 7.05 Å². The quantitative estimate of drug-likeness (QED) is 0.634. The third kappa shape index (κ3) is 4.77. The number of hydrogen-bond donors (Lipinski definition) is 0. The summed E-state index contributed by atoms with van der Waals surface area (Å²) < 4.78 is 5.83. The van der Waals surface area contributed by atoms with E-state index >= 15 is 0 Å². The van der Waals surface area contributed by atoms with Crippen molar-refractivity contribution in [3.8, 4) is 22.9 Å². The van der Waals surface area contributed by atoms with Gasteiger partial charge in [-0.1, -0.05) is 54.6 Å². The van der Waals surface area contributed by atoms with E-state index < -0.39 is 6.10 Å². The zero-order valence-corrected chi connectivity index (χ0v) is 16.0. The molecule has 4 heteroatoms. The molecule has 0 aliphatic heterocycles. The minimum absolute atomic E-state index is 0.116. The molecule has 0 saturated heterocycles. The minimum atomic E-state index is -0.605. The van der Waals surface area contributed by atoms with E-state index in [0.29, 0.717) is 17.9 Å². The van der Waals surface area contributed by atoms with Crippen LogP contribution in [0.3, 0.4) is 0 Å². The van der Waals surface area contributed by atoms with Crippen LogP contribution in [0.4, 0.5) is 0 Å². The van der Waals surface area contributed by atoms with Gasteiger partial charge in [-0.3, -0.25) is 4.79 Å². The molecule has 0 aliphatic rings. The van der Waals surface area contributed by atoms with Crippen molar-refractivity contribution in [1.82, 2.24) is 4.90 Å². The van der Waals surface area contributed by atoms with Crippen LogP contribution in [0.1, 0.15) is 18.1 Å². The molecular weight excluding hydrogens is 348 g/mol. The number of carbonyl (C=O) groups is 1. The summed E-state index contributed by atoms with van der Waals surface area (Å²) in [4.78, 5) is 14.2. The number of ether oxygens (including phenoxy) is 1. The first-order valence-corrected chi connectivity index (χ1v) is 9.13. The van der Waals surface area contributed by atoms with E-state index in [-0.39, 0.29) is 5.91 Å². The minimum Gasteiger partial charge on any atom is -0.481 e. The Morgan fingerprint density at radius 2 is 1.68 bits per heavy atom. The first kappa shape index (κ1) is 19.2. The maximum absolute atomic E-state index is 12.6. The van der Waals surface area contributed by atoms with Crippen molar-refractivity contribution in [1.29, 1.82) is 5.26 Å². The number of amides is 1. The average Bonchev–Trinajstić information content (AvgIpc) is 2.74. The Labute approximate surface area is 165 Å². The number of benzene rings is 3. The lowest BCUT2D eigenvalue weighted by Crippen LogP contribution is -2.37. The second-order valence-electron chi connectivity index (χ2n) is 6.66. The number of likely N-dealkylation sites (N-methyl/N-ethyl adjacent to an activating group) is 1. The molecule has 3 aromatic carbocycles. The smallest absolute Gasteiger partial charge is 0.263 e. The van der Waals surface area contributed by atoms with Gasteiger partial charge in [-0.05, 0) is 47.9 Å². The molecule has 1 unspecified atom stereocenters. The standard InChI is InChI=1S/C24H22N2O2/c1-18(24(27)26(2)17-20-8-6-7-19(15-20)16-25)28-23-13-11-22(12-14-23)21-9-4-3-5-10-21/h3-15,18H,17H2,1-2H3. The predicted molar refractivity (Wildman–Crippen MR) is 110 cm³/mol. The largest absolute Gasteiger partial charge is 0.481 e. The summed E-state index contributed by atoms with van der Waals surface area (Å²) in [5, 5.41) is 9.00. The zero-order chi connectivity index (χ0) is 19.9. The van der Waals surface area contributed by atoms with Crippen molar-refractivity contribution in [2.24, 2.45) is 0 Å². The van der Waals surface area contributed by atoms with E-state index in [4.69, 9.17) is 10.00 Å². The molecule has 28 heavy (non-hydrogen) atoms. The van der Waals surface area contributed by atoms with Crippen molar-refractivity contribution < 1.29 is 9.53 Å².